The molecule has 0 radical (unpaired) electrons. The van der Waals surface area contributed by atoms with Crippen molar-refractivity contribution < 1.29 is 27.2 Å². The molecular formula is C90H78F4N4O2S2. The number of allylic oxidation sites excluding steroid dienone is 6. The Morgan fingerprint density at radius 2 is 0.627 bits per heavy atom. The number of ketones is 2. The summed E-state index contributed by atoms with van der Waals surface area (Å²) in [6.45, 7) is 8.84. The van der Waals surface area contributed by atoms with Crippen molar-refractivity contribution in [1.82, 2.24) is 0 Å². The maximum atomic E-state index is 15.3. The summed E-state index contributed by atoms with van der Waals surface area (Å²) in [6, 6.07) is 56.0. The summed E-state index contributed by atoms with van der Waals surface area (Å²) in [5.74, 6) is -6.15. The summed E-state index contributed by atoms with van der Waals surface area (Å²) in [5.41, 5.74) is 11.0. The van der Waals surface area contributed by atoms with Gasteiger partial charge in [-0.05, 0) is 201 Å². The van der Waals surface area contributed by atoms with Gasteiger partial charge >= 0.3 is 0 Å². The molecule has 4 aliphatic carbocycles. The molecule has 6 nitrogen and oxygen atoms in total. The highest BCUT2D eigenvalue weighted by atomic mass is 32.1. The first-order valence-electron chi connectivity index (χ1n) is 36.2. The van der Waals surface area contributed by atoms with Gasteiger partial charge in [0.05, 0.1) is 10.8 Å². The van der Waals surface area contributed by atoms with Crippen LogP contribution in [0.25, 0.3) is 44.2 Å². The fraction of sp³-hybridized carbons (Fsp3) is 0.289. The average Bonchev–Trinajstić information content (AvgIpc) is 1.49. The Bertz CT molecular complexity index is 4650. The van der Waals surface area contributed by atoms with Gasteiger partial charge in [-0.15, -0.1) is 22.7 Å². The lowest BCUT2D eigenvalue weighted by atomic mass is 9.65. The van der Waals surface area contributed by atoms with Crippen molar-refractivity contribution in [3.8, 4) is 45.2 Å². The van der Waals surface area contributed by atoms with Gasteiger partial charge in [-0.25, -0.2) is 17.6 Å². The Morgan fingerprint density at radius 1 is 0.353 bits per heavy atom. The summed E-state index contributed by atoms with van der Waals surface area (Å²) >= 11 is 2.94. The molecule has 0 atom stereocenters. The third kappa shape index (κ3) is 12.6. The molecule has 0 amide bonds. The molecule has 2 heterocycles. The highest BCUT2D eigenvalue weighted by Gasteiger charge is 2.53. The molecule has 2 aromatic heterocycles. The van der Waals surface area contributed by atoms with Crippen LogP contribution in [0, 0.1) is 68.6 Å². The van der Waals surface area contributed by atoms with E-state index in [-0.39, 0.29) is 44.5 Å². The number of Topliss-reactive ketones (excluding diaryl/α,β-unsaturated/α-hetero) is 2. The van der Waals surface area contributed by atoms with Crippen molar-refractivity contribution in [3.63, 3.8) is 0 Å². The van der Waals surface area contributed by atoms with Gasteiger partial charge in [0.1, 0.15) is 35.4 Å². The molecule has 0 saturated carbocycles. The lowest BCUT2D eigenvalue weighted by molar-refractivity contribution is 0.103. The number of fused-ring (bicyclic) bond motifs is 8. The molecule has 9 aromatic rings. The largest absolute Gasteiger partial charge is 0.289 e. The average molecular weight is 1390 g/mol. The van der Waals surface area contributed by atoms with Crippen LogP contribution in [0.5, 0.6) is 0 Å². The summed E-state index contributed by atoms with van der Waals surface area (Å²) < 4.78 is 61.0. The molecule has 102 heavy (non-hydrogen) atoms. The number of benzene rings is 7. The minimum atomic E-state index is -1.22. The Morgan fingerprint density at radius 3 is 0.892 bits per heavy atom. The quantitative estimate of drug-likeness (QED) is 0.0230. The summed E-state index contributed by atoms with van der Waals surface area (Å²) in [4.78, 5) is 32.7. The van der Waals surface area contributed by atoms with Crippen LogP contribution in [0.4, 0.5) is 17.6 Å². The number of thiophene rings is 2. The van der Waals surface area contributed by atoms with Crippen LogP contribution in [-0.4, -0.2) is 11.6 Å². The fourth-order valence-corrected chi connectivity index (χ4v) is 18.5. The van der Waals surface area contributed by atoms with Crippen LogP contribution in [0.1, 0.15) is 239 Å². The van der Waals surface area contributed by atoms with E-state index in [2.05, 4.69) is 149 Å². The van der Waals surface area contributed by atoms with Gasteiger partial charge in [0.2, 0.25) is 0 Å². The Kier molecular flexibility index (Phi) is 20.9. The smallest absolute Gasteiger partial charge is 0.194 e. The van der Waals surface area contributed by atoms with Gasteiger partial charge in [-0.1, -0.05) is 202 Å². The summed E-state index contributed by atoms with van der Waals surface area (Å²) in [7, 11) is 0. The maximum Gasteiger partial charge on any atom is 0.194 e. The molecule has 0 spiro atoms. The molecule has 4 aliphatic rings. The van der Waals surface area contributed by atoms with E-state index in [0.717, 1.165) is 218 Å². The molecule has 0 saturated heterocycles. The van der Waals surface area contributed by atoms with Gasteiger partial charge < -0.3 is 0 Å². The molecule has 0 aliphatic heterocycles. The van der Waals surface area contributed by atoms with Crippen molar-refractivity contribution in [3.05, 3.63) is 290 Å². The monoisotopic (exact) mass is 1390 g/mol. The topological polar surface area (TPSA) is 129 Å². The highest BCUT2D eigenvalue weighted by molar-refractivity contribution is 7.17. The van der Waals surface area contributed by atoms with Crippen LogP contribution >= 0.6 is 22.7 Å². The SMILES string of the molecule is CCCCCCc1ccc(C2(c3ccc(CCCCCC)cc3)c3cc4c(cc3-c3sc(/C=C5\C(=O)c6cc(F)c(F)cc6C5=C(C#N)C#N)cc32)C(c2ccc(CCCCCC)cc2)(c2ccc(CCCCCC)cc2)c2cc(/C=C3\C(=O)c5cc(F)c(F)cc5C3=C(C#N)C#N)sc2-4)cc1. The second-order valence-corrected chi connectivity index (χ2v) is 29.8. The maximum absolute atomic E-state index is 15.3. The van der Waals surface area contributed by atoms with Crippen molar-refractivity contribution in [2.75, 3.05) is 0 Å². The summed E-state index contributed by atoms with van der Waals surface area (Å²) in [6.07, 6.45) is 24.6. The predicted octanol–water partition coefficient (Wildman–Crippen LogP) is 23.7. The third-order valence-electron chi connectivity index (χ3n) is 21.3. The van der Waals surface area contributed by atoms with E-state index in [9.17, 15) is 30.6 Å². The number of hydrogen-bond donors (Lipinski definition) is 0. The van der Waals surface area contributed by atoms with E-state index in [1.54, 1.807) is 12.2 Å². The van der Waals surface area contributed by atoms with Gasteiger partial charge in [0.15, 0.2) is 34.8 Å². The van der Waals surface area contributed by atoms with Crippen molar-refractivity contribution in [2.45, 2.75) is 167 Å². The number of carbonyl (C=O) groups excluding carboxylic acids is 2. The number of carbonyl (C=O) groups is 2. The number of rotatable bonds is 26. The molecule has 510 valence electrons. The minimum Gasteiger partial charge on any atom is -0.289 e. The van der Waals surface area contributed by atoms with E-state index in [4.69, 9.17) is 0 Å². The molecule has 0 bridgehead atoms. The molecule has 13 rings (SSSR count). The Balaban J connectivity index is 1.12. The van der Waals surface area contributed by atoms with Gasteiger partial charge in [0.25, 0.3) is 0 Å². The zero-order chi connectivity index (χ0) is 71.4. The number of aryl methyl sites for hydroxylation is 4. The summed E-state index contributed by atoms with van der Waals surface area (Å²) in [5, 5.41) is 41.9. The zero-order valence-corrected chi connectivity index (χ0v) is 59.7. The molecule has 12 heteroatoms. The molecule has 0 fully saturated rings. The second kappa shape index (κ2) is 30.2. The fourth-order valence-electron chi connectivity index (χ4n) is 16.2. The first-order chi connectivity index (χ1) is 49.7. The van der Waals surface area contributed by atoms with Crippen LogP contribution in [-0.2, 0) is 36.5 Å². The van der Waals surface area contributed by atoms with Crippen LogP contribution in [0.15, 0.2) is 168 Å². The van der Waals surface area contributed by atoms with Gasteiger partial charge in [0, 0.05) is 52.9 Å². The zero-order valence-electron chi connectivity index (χ0n) is 58.1. The molecule has 7 aromatic carbocycles. The molecular weight excluding hydrogens is 1310 g/mol. The lowest BCUT2D eigenvalue weighted by Gasteiger charge is -2.35. The number of unbranched alkanes of at least 4 members (excludes halogenated alkanes) is 12. The Labute approximate surface area is 604 Å². The predicted molar refractivity (Wildman–Crippen MR) is 402 cm³/mol. The lowest BCUT2D eigenvalue weighted by Crippen LogP contribution is -2.30. The van der Waals surface area contributed by atoms with E-state index in [1.165, 1.54) is 44.9 Å². The van der Waals surface area contributed by atoms with E-state index >= 15 is 17.6 Å². The Hall–Kier alpha value is -10.1. The van der Waals surface area contributed by atoms with Crippen molar-refractivity contribution in [1.29, 1.82) is 21.0 Å². The van der Waals surface area contributed by atoms with E-state index < -0.39 is 56.8 Å². The van der Waals surface area contributed by atoms with E-state index in [1.807, 2.05) is 24.3 Å². The first-order valence-corrected chi connectivity index (χ1v) is 37.8. The number of halogens is 4. The first kappa shape index (κ1) is 70.4. The van der Waals surface area contributed by atoms with Gasteiger partial charge in [-0.3, -0.25) is 9.59 Å². The molecule has 0 unspecified atom stereocenters. The van der Waals surface area contributed by atoms with Crippen LogP contribution < -0.4 is 0 Å². The van der Waals surface area contributed by atoms with Crippen molar-refractivity contribution in [2.24, 2.45) is 0 Å². The normalized spacial score (nSPS) is 14.8. The molecule has 0 N–H and O–H groups in total. The second-order valence-electron chi connectivity index (χ2n) is 27.6. The van der Waals surface area contributed by atoms with E-state index in [0.29, 0.717) is 9.75 Å². The number of nitriles is 4. The van der Waals surface area contributed by atoms with Crippen LogP contribution in [0.3, 0.4) is 0 Å². The third-order valence-corrected chi connectivity index (χ3v) is 23.5. The van der Waals surface area contributed by atoms with Crippen molar-refractivity contribution >= 4 is 57.5 Å². The van der Waals surface area contributed by atoms with Gasteiger partial charge in [-0.2, -0.15) is 21.0 Å². The number of hydrogen-bond acceptors (Lipinski definition) is 8. The highest BCUT2D eigenvalue weighted by Crippen LogP contribution is 2.66. The minimum absolute atomic E-state index is 0.0221. The van der Waals surface area contributed by atoms with Crippen LogP contribution in [0.2, 0.25) is 0 Å². The number of nitrogens with zero attached hydrogens (tertiary/aromatic N) is 4. The standard InChI is InChI=1S/C90H78F4N4O2S2/c1-5-9-13-17-21-55-25-33-61(34-26-55)89(62-35-27-56(28-36-62)22-18-14-10-6-2)75-45-72-76(46-71(75)87-77(89)43-65(101-87)41-73-83(59(51-95)52-96)67-47-79(91)81(93)49-69(67)85(73)99)90(63-37-29-57(30-38-63)23-19-15-11-7-3,64-39-31-58(32-40-64)24-20-16-12-8-4)78-44-66(102-88(72)78)42-74-84(60(53-97)54-98)68-48-80(92)82(94)50-70(68)86(74)100/h25-50H,5-24H2,1-4H3/b73-41-,74-42-.